The average molecular weight is 491 g/mol. The maximum Gasteiger partial charge on any atom is 0.470 e. The summed E-state index contributed by atoms with van der Waals surface area (Å²) in [6, 6.07) is -1.18. The van der Waals surface area contributed by atoms with Gasteiger partial charge in [-0.1, -0.05) is 13.3 Å². The first-order valence-electron chi connectivity index (χ1n) is 9.82. The molecule has 13 heteroatoms. The molecule has 2 heterocycles. The van der Waals surface area contributed by atoms with Crippen LogP contribution in [0.1, 0.15) is 26.7 Å². The molecule has 0 saturated carbocycles. The highest BCUT2D eigenvalue weighted by Crippen LogP contribution is 2.43. The van der Waals surface area contributed by atoms with Crippen molar-refractivity contribution in [2.75, 3.05) is 19.8 Å². The van der Waals surface area contributed by atoms with E-state index < -0.39 is 49.1 Å². The number of halogens is 1. The lowest BCUT2D eigenvalue weighted by Crippen LogP contribution is -2.65. The van der Waals surface area contributed by atoms with E-state index in [1.54, 1.807) is 13.2 Å². The van der Waals surface area contributed by atoms with Gasteiger partial charge in [0, 0.05) is 6.54 Å². The highest BCUT2D eigenvalue weighted by atomic mass is 35.5. The van der Waals surface area contributed by atoms with E-state index in [-0.39, 0.29) is 11.9 Å². The van der Waals surface area contributed by atoms with Gasteiger partial charge in [0.15, 0.2) is 0 Å². The number of phosphoric acid groups is 1. The molecule has 2 aliphatic heterocycles. The normalized spacial score (nSPS) is 37.7. The zero-order valence-electron chi connectivity index (χ0n) is 17.4. The number of hydrogen-bond acceptors (Lipinski definition) is 8. The first kappa shape index (κ1) is 26.3. The Morgan fingerprint density at radius 2 is 2.03 bits per heavy atom. The molecule has 2 saturated heterocycles. The number of nitrogens with one attached hydrogen (secondary N) is 1. The molecule has 0 aliphatic carbocycles. The number of carbonyl (C=O) groups excluding carboxylic acids is 1. The Bertz CT molecular complexity index is 639. The zero-order chi connectivity index (χ0) is 22.8. The predicted molar refractivity (Wildman–Crippen MR) is 113 cm³/mol. The summed E-state index contributed by atoms with van der Waals surface area (Å²) in [5.74, 6) is 0.174. The van der Waals surface area contributed by atoms with E-state index in [2.05, 4.69) is 16.8 Å². The SMILES string of the molecule is CC[C@@H]1C[C@H](C(=O)N[C@@H]([C@@H]2O[C@H](SC)[C@@H](OP(=O)(O)O)[C@@H](O)[C@H]2O)[C@H](C)Cl)N(C)C1. The minimum Gasteiger partial charge on any atom is -0.388 e. The molecule has 0 aromatic rings. The molecule has 2 fully saturated rings. The number of nitrogens with zero attached hydrogens (tertiary/aromatic N) is 1. The molecule has 0 aromatic carbocycles. The van der Waals surface area contributed by atoms with Gasteiger partial charge in [0.1, 0.15) is 29.9 Å². The van der Waals surface area contributed by atoms with Crippen LogP contribution < -0.4 is 5.32 Å². The quantitative estimate of drug-likeness (QED) is 0.234. The molecule has 0 unspecified atom stereocenters. The van der Waals surface area contributed by atoms with Crippen molar-refractivity contribution in [3.8, 4) is 0 Å². The van der Waals surface area contributed by atoms with Crippen molar-refractivity contribution < 1.29 is 38.6 Å². The second-order valence-electron chi connectivity index (χ2n) is 7.92. The van der Waals surface area contributed by atoms with E-state index in [0.29, 0.717) is 12.3 Å². The number of thioether (sulfide) groups is 1. The van der Waals surface area contributed by atoms with Crippen LogP contribution in [0.3, 0.4) is 0 Å². The van der Waals surface area contributed by atoms with Crippen molar-refractivity contribution in [2.24, 2.45) is 5.92 Å². The van der Waals surface area contributed by atoms with Crippen LogP contribution in [0.2, 0.25) is 0 Å². The Morgan fingerprint density at radius 1 is 1.40 bits per heavy atom. The Morgan fingerprint density at radius 3 is 2.50 bits per heavy atom. The second kappa shape index (κ2) is 10.8. The molecule has 5 N–H and O–H groups in total. The largest absolute Gasteiger partial charge is 0.470 e. The summed E-state index contributed by atoms with van der Waals surface area (Å²) in [5, 5.41) is 23.3. The summed E-state index contributed by atoms with van der Waals surface area (Å²) in [5.41, 5.74) is -0.991. The number of likely N-dealkylation sites (N-methyl/N-ethyl adjacent to an activating group) is 1. The molecule has 10 nitrogen and oxygen atoms in total. The topological polar surface area (TPSA) is 149 Å². The van der Waals surface area contributed by atoms with Gasteiger partial charge in [0.25, 0.3) is 0 Å². The number of phosphoric ester groups is 1. The third-order valence-electron chi connectivity index (χ3n) is 5.75. The first-order valence-corrected chi connectivity index (χ1v) is 13.1. The monoisotopic (exact) mass is 490 g/mol. The lowest BCUT2D eigenvalue weighted by atomic mass is 9.92. The van der Waals surface area contributed by atoms with Crippen molar-refractivity contribution in [1.82, 2.24) is 10.2 Å². The number of alkyl halides is 1. The van der Waals surface area contributed by atoms with Crippen molar-refractivity contribution in [2.45, 2.75) is 74.0 Å². The molecular weight excluding hydrogens is 459 g/mol. The van der Waals surface area contributed by atoms with Crippen molar-refractivity contribution in [3.63, 3.8) is 0 Å². The van der Waals surface area contributed by atoms with Gasteiger partial charge in [-0.15, -0.1) is 23.4 Å². The van der Waals surface area contributed by atoms with Crippen molar-refractivity contribution >= 4 is 37.1 Å². The van der Waals surface area contributed by atoms with E-state index in [0.717, 1.165) is 24.7 Å². The van der Waals surface area contributed by atoms with E-state index in [1.165, 1.54) is 0 Å². The van der Waals surface area contributed by atoms with Gasteiger partial charge < -0.3 is 30.1 Å². The fourth-order valence-corrected chi connectivity index (χ4v) is 5.61. The fraction of sp³-hybridized carbons (Fsp3) is 0.941. The van der Waals surface area contributed by atoms with Crippen molar-refractivity contribution in [3.05, 3.63) is 0 Å². The van der Waals surface area contributed by atoms with Gasteiger partial charge in [-0.05, 0) is 32.6 Å². The highest BCUT2D eigenvalue weighted by molar-refractivity contribution is 7.99. The number of aliphatic hydroxyl groups excluding tert-OH is 2. The molecule has 0 bridgehead atoms. The smallest absolute Gasteiger partial charge is 0.388 e. The number of ether oxygens (including phenoxy) is 1. The molecule has 0 spiro atoms. The van der Waals surface area contributed by atoms with Gasteiger partial charge in [0.2, 0.25) is 5.91 Å². The fourth-order valence-electron chi connectivity index (χ4n) is 4.05. The summed E-state index contributed by atoms with van der Waals surface area (Å²) in [6.07, 6.45) is -2.50. The summed E-state index contributed by atoms with van der Waals surface area (Å²) in [6.45, 7) is 4.52. The molecule has 2 aliphatic rings. The molecule has 0 aromatic heterocycles. The lowest BCUT2D eigenvalue weighted by Gasteiger charge is -2.45. The standard InChI is InChI=1S/C17H32ClN2O8PS/c1-5-9-6-10(20(3)7-9)16(23)19-11(8(2)18)14-12(21)13(22)15(17(27-14)30-4)28-29(24,25)26/h8-15,17,21-22H,5-7H2,1-4H3,(H,19,23)(H2,24,25,26)/t8-,9+,10+,11+,12+,13-,14-,15-,17+/m0/s1. The first-order chi connectivity index (χ1) is 13.9. The number of carbonyl (C=O) groups is 1. The molecule has 30 heavy (non-hydrogen) atoms. The number of amides is 1. The van der Waals surface area contributed by atoms with Crippen LogP contribution in [0.15, 0.2) is 0 Å². The van der Waals surface area contributed by atoms with Crippen LogP contribution >= 0.6 is 31.2 Å². The number of aliphatic hydroxyl groups is 2. The summed E-state index contributed by atoms with van der Waals surface area (Å²) >= 11 is 7.36. The molecule has 2 rings (SSSR count). The maximum absolute atomic E-state index is 12.9. The van der Waals surface area contributed by atoms with Crippen LogP contribution in [-0.2, 0) is 18.6 Å². The van der Waals surface area contributed by atoms with E-state index in [1.807, 2.05) is 11.9 Å². The van der Waals surface area contributed by atoms with Gasteiger partial charge in [0.05, 0.1) is 17.5 Å². The summed E-state index contributed by atoms with van der Waals surface area (Å²) in [7, 11) is -3.05. The Labute approximate surface area is 185 Å². The average Bonchev–Trinajstić information content (AvgIpc) is 3.04. The van der Waals surface area contributed by atoms with Crippen molar-refractivity contribution in [1.29, 1.82) is 0 Å². The molecular formula is C17H32ClN2O8PS. The van der Waals surface area contributed by atoms with Crippen LogP contribution in [-0.4, -0.2) is 98.0 Å². The molecule has 9 atom stereocenters. The molecule has 1 amide bonds. The second-order valence-corrected chi connectivity index (χ2v) is 10.7. The van der Waals surface area contributed by atoms with Gasteiger partial charge in [-0.3, -0.25) is 14.2 Å². The third-order valence-corrected chi connectivity index (χ3v) is 7.38. The van der Waals surface area contributed by atoms with E-state index in [9.17, 15) is 19.6 Å². The van der Waals surface area contributed by atoms with Crippen LogP contribution in [0.5, 0.6) is 0 Å². The predicted octanol–water partition coefficient (Wildman–Crippen LogP) is 0.116. The highest BCUT2D eigenvalue weighted by Gasteiger charge is 2.51. The zero-order valence-corrected chi connectivity index (χ0v) is 19.9. The Balaban J connectivity index is 2.17. The van der Waals surface area contributed by atoms with Gasteiger partial charge in [-0.2, -0.15) is 0 Å². The number of likely N-dealkylation sites (tertiary alicyclic amines) is 1. The van der Waals surface area contributed by atoms with E-state index in [4.69, 9.17) is 26.1 Å². The summed E-state index contributed by atoms with van der Waals surface area (Å²) < 4.78 is 21.7. The lowest BCUT2D eigenvalue weighted by molar-refractivity contribution is -0.201. The maximum atomic E-state index is 12.9. The number of hydrogen-bond donors (Lipinski definition) is 5. The molecule has 0 radical (unpaired) electrons. The summed E-state index contributed by atoms with van der Waals surface area (Å²) in [4.78, 5) is 33.1. The van der Waals surface area contributed by atoms with Gasteiger partial charge >= 0.3 is 7.82 Å². The number of rotatable bonds is 8. The van der Waals surface area contributed by atoms with Gasteiger partial charge in [-0.25, -0.2) is 4.57 Å². The van der Waals surface area contributed by atoms with Crippen LogP contribution in [0.4, 0.5) is 0 Å². The van der Waals surface area contributed by atoms with Crippen LogP contribution in [0, 0.1) is 5.92 Å². The Kier molecular flexibility index (Phi) is 9.46. The third kappa shape index (κ3) is 6.31. The Hall–Kier alpha value is 0.0600. The van der Waals surface area contributed by atoms with E-state index >= 15 is 0 Å². The minimum atomic E-state index is -4.93. The van der Waals surface area contributed by atoms with Crippen LogP contribution in [0.25, 0.3) is 0 Å². The minimum absolute atomic E-state index is 0.245. The molecule has 176 valence electrons.